The quantitative estimate of drug-likeness (QED) is 0.470. The van der Waals surface area contributed by atoms with Gasteiger partial charge in [0.1, 0.15) is 0 Å². The number of hydrogen-bond donors (Lipinski definition) is 2. The summed E-state index contributed by atoms with van der Waals surface area (Å²) < 4.78 is 27.9. The number of rotatable bonds is 9. The van der Waals surface area contributed by atoms with Crippen LogP contribution in [0, 0.1) is 0 Å². The molecule has 0 spiro atoms. The highest BCUT2D eigenvalue weighted by molar-refractivity contribution is 7.89. The SMILES string of the molecule is NS(=O)(=O)c1ccc(CCNC(=O)CCN2CCN(C(=O)CN3CCOCC3)CC2)cc1. The van der Waals surface area contributed by atoms with Crippen molar-refractivity contribution in [3.05, 3.63) is 29.8 Å². The van der Waals surface area contributed by atoms with E-state index in [0.717, 1.165) is 31.7 Å². The summed E-state index contributed by atoms with van der Waals surface area (Å²) in [6.45, 7) is 7.54. The molecule has 10 nitrogen and oxygen atoms in total. The van der Waals surface area contributed by atoms with Crippen LogP contribution in [0.25, 0.3) is 0 Å². The number of carbonyl (C=O) groups excluding carboxylic acids is 2. The molecule has 0 radical (unpaired) electrons. The van der Waals surface area contributed by atoms with Crippen LogP contribution in [0.15, 0.2) is 29.2 Å². The second-order valence-corrected chi connectivity index (χ2v) is 9.71. The van der Waals surface area contributed by atoms with E-state index in [1.165, 1.54) is 12.1 Å². The lowest BCUT2D eigenvalue weighted by Gasteiger charge is -2.36. The first kappa shape index (κ1) is 24.6. The molecule has 178 valence electrons. The number of morpholine rings is 1. The number of amides is 2. The molecule has 0 aliphatic carbocycles. The number of hydrogen-bond acceptors (Lipinski definition) is 7. The molecular weight excluding hydrogens is 434 g/mol. The Labute approximate surface area is 189 Å². The van der Waals surface area contributed by atoms with Gasteiger partial charge < -0.3 is 15.0 Å². The smallest absolute Gasteiger partial charge is 0.238 e. The first-order valence-electron chi connectivity index (χ1n) is 11.0. The van der Waals surface area contributed by atoms with Crippen molar-refractivity contribution in [2.24, 2.45) is 5.14 Å². The Balaban J connectivity index is 1.28. The van der Waals surface area contributed by atoms with E-state index in [1.807, 2.05) is 4.90 Å². The first-order valence-corrected chi connectivity index (χ1v) is 12.5. The van der Waals surface area contributed by atoms with Crippen molar-refractivity contribution in [1.29, 1.82) is 0 Å². The van der Waals surface area contributed by atoms with Crippen LogP contribution in [0.1, 0.15) is 12.0 Å². The molecule has 0 atom stereocenters. The van der Waals surface area contributed by atoms with Gasteiger partial charge in [-0.25, -0.2) is 13.6 Å². The molecule has 3 N–H and O–H groups in total. The molecule has 2 fully saturated rings. The lowest BCUT2D eigenvalue weighted by atomic mass is 10.1. The van der Waals surface area contributed by atoms with Gasteiger partial charge in [0, 0.05) is 58.8 Å². The van der Waals surface area contributed by atoms with Gasteiger partial charge in [-0.1, -0.05) is 12.1 Å². The van der Waals surface area contributed by atoms with Crippen LogP contribution in [-0.2, 0) is 30.8 Å². The normalized spacial score (nSPS) is 18.5. The van der Waals surface area contributed by atoms with Crippen molar-refractivity contribution in [1.82, 2.24) is 20.0 Å². The standard InChI is InChI=1S/C21H33N5O5S/c22-32(29,30)19-3-1-18(2-4-19)5-7-23-20(27)6-8-24-9-11-26(12-10-24)21(28)17-25-13-15-31-16-14-25/h1-4H,5-17H2,(H,23,27)(H2,22,29,30). The fraction of sp³-hybridized carbons (Fsp3) is 0.619. The molecule has 0 bridgehead atoms. The maximum Gasteiger partial charge on any atom is 0.238 e. The molecule has 1 aromatic carbocycles. The predicted octanol–water partition coefficient (Wildman–Crippen LogP) is -1.14. The van der Waals surface area contributed by atoms with E-state index in [1.54, 1.807) is 12.1 Å². The number of ether oxygens (including phenoxy) is 1. The third-order valence-electron chi connectivity index (χ3n) is 5.83. The highest BCUT2D eigenvalue weighted by Crippen LogP contribution is 2.09. The molecule has 32 heavy (non-hydrogen) atoms. The summed E-state index contributed by atoms with van der Waals surface area (Å²) in [6.07, 6.45) is 1.02. The maximum atomic E-state index is 12.5. The van der Waals surface area contributed by atoms with E-state index < -0.39 is 10.0 Å². The molecule has 1 aromatic rings. The Morgan fingerprint density at radius 3 is 2.25 bits per heavy atom. The Morgan fingerprint density at radius 2 is 1.62 bits per heavy atom. The Kier molecular flexibility index (Phi) is 9.00. The Bertz CT molecular complexity index is 863. The van der Waals surface area contributed by atoms with E-state index in [-0.39, 0.29) is 16.7 Å². The zero-order chi connectivity index (χ0) is 23.0. The zero-order valence-electron chi connectivity index (χ0n) is 18.4. The van der Waals surface area contributed by atoms with Crippen LogP contribution in [0.3, 0.4) is 0 Å². The molecule has 3 rings (SSSR count). The highest BCUT2D eigenvalue weighted by atomic mass is 32.2. The fourth-order valence-electron chi connectivity index (χ4n) is 3.81. The summed E-state index contributed by atoms with van der Waals surface area (Å²) in [6, 6.07) is 6.34. The van der Waals surface area contributed by atoms with Crippen molar-refractivity contribution >= 4 is 21.8 Å². The van der Waals surface area contributed by atoms with Gasteiger partial charge in [0.2, 0.25) is 21.8 Å². The summed E-state index contributed by atoms with van der Waals surface area (Å²) in [4.78, 5) is 30.9. The summed E-state index contributed by atoms with van der Waals surface area (Å²) in [5.41, 5.74) is 0.926. The number of carbonyl (C=O) groups is 2. The Hall–Kier alpha value is -2.05. The second-order valence-electron chi connectivity index (χ2n) is 8.15. The van der Waals surface area contributed by atoms with E-state index in [4.69, 9.17) is 9.88 Å². The first-order chi connectivity index (χ1) is 15.3. The lowest BCUT2D eigenvalue weighted by Crippen LogP contribution is -2.52. The zero-order valence-corrected chi connectivity index (χ0v) is 19.2. The summed E-state index contributed by atoms with van der Waals surface area (Å²) in [7, 11) is -3.69. The Morgan fingerprint density at radius 1 is 0.969 bits per heavy atom. The molecule has 11 heteroatoms. The van der Waals surface area contributed by atoms with Crippen LogP contribution in [0.5, 0.6) is 0 Å². The number of nitrogens with two attached hydrogens (primary N) is 1. The monoisotopic (exact) mass is 467 g/mol. The number of primary sulfonamides is 1. The molecule has 0 saturated carbocycles. The minimum Gasteiger partial charge on any atom is -0.379 e. The van der Waals surface area contributed by atoms with Gasteiger partial charge in [0.15, 0.2) is 0 Å². The molecule has 0 aromatic heterocycles. The maximum absolute atomic E-state index is 12.5. The van der Waals surface area contributed by atoms with Crippen LogP contribution < -0.4 is 10.5 Å². The number of benzene rings is 1. The number of nitrogens with zero attached hydrogens (tertiary/aromatic N) is 3. The summed E-state index contributed by atoms with van der Waals surface area (Å²) in [5.74, 6) is 0.151. The minimum atomic E-state index is -3.69. The third kappa shape index (κ3) is 7.82. The molecule has 0 unspecified atom stereocenters. The van der Waals surface area contributed by atoms with Gasteiger partial charge in [-0.15, -0.1) is 0 Å². The molecule has 2 heterocycles. The minimum absolute atomic E-state index is 0.0167. The average Bonchev–Trinajstić information content (AvgIpc) is 2.78. The highest BCUT2D eigenvalue weighted by Gasteiger charge is 2.23. The van der Waals surface area contributed by atoms with Crippen LogP contribution in [0.2, 0.25) is 0 Å². The van der Waals surface area contributed by atoms with Gasteiger partial charge in [-0.2, -0.15) is 0 Å². The fourth-order valence-corrected chi connectivity index (χ4v) is 4.33. The van der Waals surface area contributed by atoms with Crippen LogP contribution >= 0.6 is 0 Å². The van der Waals surface area contributed by atoms with Crippen molar-refractivity contribution in [3.8, 4) is 0 Å². The summed E-state index contributed by atoms with van der Waals surface area (Å²) in [5, 5.41) is 7.99. The largest absolute Gasteiger partial charge is 0.379 e. The van der Waals surface area contributed by atoms with Crippen molar-refractivity contribution in [3.63, 3.8) is 0 Å². The molecule has 2 saturated heterocycles. The van der Waals surface area contributed by atoms with Gasteiger partial charge in [0.25, 0.3) is 0 Å². The number of sulfonamides is 1. The van der Waals surface area contributed by atoms with Gasteiger partial charge in [-0.3, -0.25) is 19.4 Å². The van der Waals surface area contributed by atoms with Crippen LogP contribution in [-0.4, -0.2) is 107 Å². The van der Waals surface area contributed by atoms with E-state index in [9.17, 15) is 18.0 Å². The average molecular weight is 468 g/mol. The lowest BCUT2D eigenvalue weighted by molar-refractivity contribution is -0.135. The second kappa shape index (κ2) is 11.7. The van der Waals surface area contributed by atoms with E-state index >= 15 is 0 Å². The van der Waals surface area contributed by atoms with Crippen molar-refractivity contribution < 1.29 is 22.7 Å². The predicted molar refractivity (Wildman–Crippen MR) is 119 cm³/mol. The molecule has 2 aliphatic heterocycles. The van der Waals surface area contributed by atoms with Crippen molar-refractivity contribution in [2.45, 2.75) is 17.7 Å². The van der Waals surface area contributed by atoms with Crippen molar-refractivity contribution in [2.75, 3.05) is 72.1 Å². The number of piperazine rings is 1. The number of nitrogens with one attached hydrogen (secondary N) is 1. The van der Waals surface area contributed by atoms with Gasteiger partial charge >= 0.3 is 0 Å². The molecular formula is C21H33N5O5S. The molecule has 2 aliphatic rings. The van der Waals surface area contributed by atoms with Gasteiger partial charge in [0.05, 0.1) is 24.7 Å². The van der Waals surface area contributed by atoms with E-state index in [0.29, 0.717) is 58.8 Å². The van der Waals surface area contributed by atoms with Crippen LogP contribution in [0.4, 0.5) is 0 Å². The molecule has 2 amide bonds. The third-order valence-corrected chi connectivity index (χ3v) is 6.76. The summed E-state index contributed by atoms with van der Waals surface area (Å²) >= 11 is 0. The topological polar surface area (TPSA) is 125 Å². The van der Waals surface area contributed by atoms with E-state index in [2.05, 4.69) is 15.1 Å². The van der Waals surface area contributed by atoms with Gasteiger partial charge in [-0.05, 0) is 24.1 Å².